The zero-order valence-corrected chi connectivity index (χ0v) is 19.1. The number of nitrogens with zero attached hydrogens (tertiary/aromatic N) is 2. The lowest BCUT2D eigenvalue weighted by Gasteiger charge is -2.22. The van der Waals surface area contributed by atoms with Gasteiger partial charge >= 0.3 is 0 Å². The molecule has 0 atom stereocenters. The average Bonchev–Trinajstić information content (AvgIpc) is 2.88. The van der Waals surface area contributed by atoms with Crippen LogP contribution < -0.4 is 14.9 Å². The summed E-state index contributed by atoms with van der Waals surface area (Å²) in [5.74, 6) is 2.25. The quantitative estimate of drug-likeness (QED) is 0.161. The zero-order chi connectivity index (χ0) is 23.6. The summed E-state index contributed by atoms with van der Waals surface area (Å²) >= 11 is 0. The van der Waals surface area contributed by atoms with Gasteiger partial charge in [0.25, 0.3) is 5.69 Å². The number of hydrazone groups is 1. The van der Waals surface area contributed by atoms with Crippen molar-refractivity contribution in [3.63, 3.8) is 0 Å². The summed E-state index contributed by atoms with van der Waals surface area (Å²) in [4.78, 5) is 10.3. The highest BCUT2D eigenvalue weighted by Gasteiger charge is 2.15. The van der Waals surface area contributed by atoms with Gasteiger partial charge in [-0.3, -0.25) is 15.5 Å². The Morgan fingerprint density at radius 2 is 1.62 bits per heavy atom. The van der Waals surface area contributed by atoms with E-state index in [-0.39, 0.29) is 5.69 Å². The molecule has 7 heteroatoms. The van der Waals surface area contributed by atoms with E-state index in [1.54, 1.807) is 18.3 Å². The van der Waals surface area contributed by atoms with Crippen LogP contribution in [0.25, 0.3) is 0 Å². The number of nitrogens with one attached hydrogen (secondary N) is 1. The molecule has 1 aliphatic carbocycles. The predicted molar refractivity (Wildman–Crippen MR) is 134 cm³/mol. The number of benzene rings is 3. The zero-order valence-electron chi connectivity index (χ0n) is 19.1. The van der Waals surface area contributed by atoms with E-state index in [2.05, 4.69) is 34.8 Å². The van der Waals surface area contributed by atoms with Gasteiger partial charge in [-0.2, -0.15) is 5.10 Å². The summed E-state index contributed by atoms with van der Waals surface area (Å²) in [6, 6.07) is 22.2. The van der Waals surface area contributed by atoms with Crippen molar-refractivity contribution in [1.82, 2.24) is 0 Å². The van der Waals surface area contributed by atoms with Crippen LogP contribution in [-0.4, -0.2) is 24.4 Å². The van der Waals surface area contributed by atoms with E-state index in [0.717, 1.165) is 11.3 Å². The Morgan fingerprint density at radius 3 is 2.35 bits per heavy atom. The smallest absolute Gasteiger partial charge is 0.269 e. The Morgan fingerprint density at radius 1 is 0.912 bits per heavy atom. The van der Waals surface area contributed by atoms with Crippen molar-refractivity contribution in [3.05, 3.63) is 94.0 Å². The summed E-state index contributed by atoms with van der Waals surface area (Å²) < 4.78 is 11.8. The lowest BCUT2D eigenvalue weighted by atomic mass is 9.84. The second-order valence-corrected chi connectivity index (χ2v) is 8.31. The van der Waals surface area contributed by atoms with Crippen LogP contribution in [0.5, 0.6) is 11.5 Å². The number of anilines is 1. The molecule has 0 heterocycles. The van der Waals surface area contributed by atoms with Crippen LogP contribution in [0, 0.1) is 10.1 Å². The maximum absolute atomic E-state index is 10.7. The summed E-state index contributed by atoms with van der Waals surface area (Å²) in [6.07, 6.45) is 8.27. The van der Waals surface area contributed by atoms with E-state index in [0.29, 0.717) is 30.6 Å². The molecule has 34 heavy (non-hydrogen) atoms. The second kappa shape index (κ2) is 11.8. The summed E-state index contributed by atoms with van der Waals surface area (Å²) in [6.45, 7) is 0.848. The fraction of sp³-hybridized carbons (Fsp3) is 0.296. The fourth-order valence-corrected chi connectivity index (χ4v) is 4.14. The van der Waals surface area contributed by atoms with Crippen molar-refractivity contribution < 1.29 is 14.4 Å². The SMILES string of the molecule is O=[N+]([O-])c1ccc(N/N=C/c2ccccc2OCCOc2ccc(C3CCCCC3)cc2)cc1. The fourth-order valence-electron chi connectivity index (χ4n) is 4.14. The van der Waals surface area contributed by atoms with Crippen molar-refractivity contribution in [3.8, 4) is 11.5 Å². The number of nitro groups is 1. The van der Waals surface area contributed by atoms with Crippen LogP contribution in [0.4, 0.5) is 11.4 Å². The van der Waals surface area contributed by atoms with Crippen molar-refractivity contribution in [1.29, 1.82) is 0 Å². The first-order chi connectivity index (χ1) is 16.7. The molecule has 3 aromatic rings. The number of hydrogen-bond donors (Lipinski definition) is 1. The third kappa shape index (κ3) is 6.57. The van der Waals surface area contributed by atoms with Crippen LogP contribution >= 0.6 is 0 Å². The highest BCUT2D eigenvalue weighted by Crippen LogP contribution is 2.33. The number of ether oxygens (including phenoxy) is 2. The standard InChI is InChI=1S/C27H29N3O4/c31-30(32)25-14-12-24(13-15-25)29-28-20-23-8-4-5-9-27(23)34-19-18-33-26-16-10-22(11-17-26)21-6-2-1-3-7-21/h4-5,8-17,20-21,29H,1-3,6-7,18-19H2/b28-20+. The normalized spacial score (nSPS) is 14.1. The van der Waals surface area contributed by atoms with E-state index >= 15 is 0 Å². The molecule has 0 aromatic heterocycles. The maximum Gasteiger partial charge on any atom is 0.269 e. The van der Waals surface area contributed by atoms with Gasteiger partial charge in [-0.15, -0.1) is 0 Å². The van der Waals surface area contributed by atoms with E-state index in [1.807, 2.05) is 24.3 Å². The number of nitro benzene ring substituents is 1. The molecule has 0 aliphatic heterocycles. The minimum absolute atomic E-state index is 0.0376. The molecular weight excluding hydrogens is 430 g/mol. The number of para-hydroxylation sites is 1. The van der Waals surface area contributed by atoms with Crippen molar-refractivity contribution >= 4 is 17.6 Å². The molecule has 1 N–H and O–H groups in total. The lowest BCUT2D eigenvalue weighted by molar-refractivity contribution is -0.384. The molecule has 176 valence electrons. The van der Waals surface area contributed by atoms with Crippen LogP contribution in [0.1, 0.15) is 49.1 Å². The van der Waals surface area contributed by atoms with Crippen LogP contribution in [0.15, 0.2) is 77.9 Å². The van der Waals surface area contributed by atoms with Gasteiger partial charge in [0.2, 0.25) is 0 Å². The number of hydrogen-bond acceptors (Lipinski definition) is 6. The minimum Gasteiger partial charge on any atom is -0.490 e. The van der Waals surface area contributed by atoms with E-state index < -0.39 is 4.92 Å². The molecule has 1 saturated carbocycles. The highest BCUT2D eigenvalue weighted by molar-refractivity contribution is 5.84. The first-order valence-electron chi connectivity index (χ1n) is 11.7. The third-order valence-electron chi connectivity index (χ3n) is 5.96. The Hall–Kier alpha value is -3.87. The average molecular weight is 460 g/mol. The second-order valence-electron chi connectivity index (χ2n) is 8.31. The van der Waals surface area contributed by atoms with Crippen molar-refractivity contribution in [2.24, 2.45) is 5.10 Å². The summed E-state index contributed by atoms with van der Waals surface area (Å²) in [5, 5.41) is 15.0. The Balaban J connectivity index is 1.24. The molecule has 0 unspecified atom stereocenters. The molecule has 0 radical (unpaired) electrons. The van der Waals surface area contributed by atoms with E-state index in [9.17, 15) is 10.1 Å². The molecule has 1 fully saturated rings. The Bertz CT molecular complexity index is 1090. The van der Waals surface area contributed by atoms with Gasteiger partial charge in [0.05, 0.1) is 16.8 Å². The van der Waals surface area contributed by atoms with Gasteiger partial charge in [0, 0.05) is 17.7 Å². The van der Waals surface area contributed by atoms with Gasteiger partial charge in [0.15, 0.2) is 0 Å². The maximum atomic E-state index is 10.7. The Kier molecular flexibility index (Phi) is 8.11. The molecule has 1 aliphatic rings. The number of rotatable bonds is 10. The van der Waals surface area contributed by atoms with Gasteiger partial charge < -0.3 is 9.47 Å². The predicted octanol–water partition coefficient (Wildman–Crippen LogP) is 6.55. The van der Waals surface area contributed by atoms with Gasteiger partial charge in [-0.05, 0) is 60.7 Å². The summed E-state index contributed by atoms with van der Waals surface area (Å²) in [5.41, 5.74) is 5.79. The minimum atomic E-state index is -0.434. The first kappa shape index (κ1) is 23.3. The van der Waals surface area contributed by atoms with Crippen LogP contribution in [0.3, 0.4) is 0 Å². The summed E-state index contributed by atoms with van der Waals surface area (Å²) in [7, 11) is 0. The monoisotopic (exact) mass is 459 g/mol. The lowest BCUT2D eigenvalue weighted by Crippen LogP contribution is -2.10. The van der Waals surface area contributed by atoms with Crippen molar-refractivity contribution in [2.45, 2.75) is 38.0 Å². The molecule has 0 spiro atoms. The number of non-ortho nitro benzene ring substituents is 1. The van der Waals surface area contributed by atoms with E-state index in [4.69, 9.17) is 9.47 Å². The topological polar surface area (TPSA) is 86.0 Å². The molecule has 7 nitrogen and oxygen atoms in total. The third-order valence-corrected chi connectivity index (χ3v) is 5.96. The van der Waals surface area contributed by atoms with Gasteiger partial charge in [0.1, 0.15) is 24.7 Å². The Labute approximate surface area is 199 Å². The molecule has 4 rings (SSSR count). The van der Waals surface area contributed by atoms with Crippen molar-refractivity contribution in [2.75, 3.05) is 18.6 Å². The van der Waals surface area contributed by atoms with Crippen LogP contribution in [-0.2, 0) is 0 Å². The molecule has 3 aromatic carbocycles. The largest absolute Gasteiger partial charge is 0.490 e. The molecule has 0 bridgehead atoms. The highest BCUT2D eigenvalue weighted by atomic mass is 16.6. The first-order valence-corrected chi connectivity index (χ1v) is 11.7. The van der Waals surface area contributed by atoms with Crippen LogP contribution in [0.2, 0.25) is 0 Å². The molecular formula is C27H29N3O4. The van der Waals surface area contributed by atoms with Gasteiger partial charge in [-0.1, -0.05) is 43.5 Å². The van der Waals surface area contributed by atoms with E-state index in [1.165, 1.54) is 49.8 Å². The molecule has 0 amide bonds. The molecule has 0 saturated heterocycles. The van der Waals surface area contributed by atoms with Gasteiger partial charge in [-0.25, -0.2) is 0 Å².